The van der Waals surface area contributed by atoms with Crippen LogP contribution in [0.2, 0.25) is 0 Å². The Morgan fingerprint density at radius 1 is 0.714 bits per heavy atom. The molecular formula is C16H12Br2O2S. The van der Waals surface area contributed by atoms with Gasteiger partial charge in [0.05, 0.1) is 11.5 Å². The fourth-order valence-corrected chi connectivity index (χ4v) is 3.01. The molecule has 2 aromatic rings. The Balaban J connectivity index is 1.83. The first kappa shape index (κ1) is 16.5. The smallest absolute Gasteiger partial charge is 0.172 e. The third-order valence-corrected chi connectivity index (χ3v) is 4.79. The van der Waals surface area contributed by atoms with Crippen LogP contribution in [-0.2, 0) is 0 Å². The third kappa shape index (κ3) is 5.09. The van der Waals surface area contributed by atoms with Crippen molar-refractivity contribution in [1.82, 2.24) is 0 Å². The van der Waals surface area contributed by atoms with Crippen molar-refractivity contribution in [3.05, 3.63) is 68.6 Å². The van der Waals surface area contributed by atoms with Crippen LogP contribution in [0.4, 0.5) is 0 Å². The van der Waals surface area contributed by atoms with Crippen LogP contribution in [-0.4, -0.2) is 23.1 Å². The van der Waals surface area contributed by atoms with Gasteiger partial charge in [-0.3, -0.25) is 9.59 Å². The van der Waals surface area contributed by atoms with Crippen molar-refractivity contribution in [3.63, 3.8) is 0 Å². The van der Waals surface area contributed by atoms with E-state index < -0.39 is 0 Å². The molecule has 0 amide bonds. The molecule has 0 unspecified atom stereocenters. The molecule has 0 aliphatic carbocycles. The molecule has 0 radical (unpaired) electrons. The number of rotatable bonds is 6. The van der Waals surface area contributed by atoms with Gasteiger partial charge in [0.2, 0.25) is 0 Å². The van der Waals surface area contributed by atoms with Gasteiger partial charge in [-0.25, -0.2) is 0 Å². The van der Waals surface area contributed by atoms with E-state index in [1.165, 1.54) is 11.8 Å². The Hall–Kier alpha value is -0.910. The summed E-state index contributed by atoms with van der Waals surface area (Å²) in [6.07, 6.45) is 0. The molecule has 2 nitrogen and oxygen atoms in total. The van der Waals surface area contributed by atoms with Crippen molar-refractivity contribution >= 4 is 55.2 Å². The molecule has 0 spiro atoms. The third-order valence-electron chi connectivity index (χ3n) is 2.80. The van der Waals surface area contributed by atoms with Gasteiger partial charge in [-0.15, -0.1) is 11.8 Å². The molecule has 2 aromatic carbocycles. The van der Waals surface area contributed by atoms with Gasteiger partial charge in [0, 0.05) is 20.1 Å². The number of hydrogen-bond donors (Lipinski definition) is 0. The highest BCUT2D eigenvalue weighted by Crippen LogP contribution is 2.15. The average molecular weight is 428 g/mol. The quantitative estimate of drug-likeness (QED) is 0.607. The molecular weight excluding hydrogens is 416 g/mol. The van der Waals surface area contributed by atoms with E-state index in [2.05, 4.69) is 31.9 Å². The number of carbonyl (C=O) groups excluding carboxylic acids is 2. The summed E-state index contributed by atoms with van der Waals surface area (Å²) in [5, 5.41) is 0. The summed E-state index contributed by atoms with van der Waals surface area (Å²) in [5.74, 6) is 0.695. The second kappa shape index (κ2) is 7.92. The van der Waals surface area contributed by atoms with Gasteiger partial charge in [-0.05, 0) is 24.3 Å². The zero-order valence-electron chi connectivity index (χ0n) is 11.0. The predicted molar refractivity (Wildman–Crippen MR) is 94.3 cm³/mol. The van der Waals surface area contributed by atoms with Gasteiger partial charge in [0.15, 0.2) is 11.6 Å². The number of halogens is 2. The van der Waals surface area contributed by atoms with Crippen molar-refractivity contribution < 1.29 is 9.59 Å². The topological polar surface area (TPSA) is 34.1 Å². The summed E-state index contributed by atoms with van der Waals surface area (Å²) in [6.45, 7) is 0. The maximum atomic E-state index is 12.0. The normalized spacial score (nSPS) is 10.4. The number of thioether (sulfide) groups is 1. The number of ketones is 2. The predicted octanol–water partition coefficient (Wildman–Crippen LogP) is 5.01. The molecule has 0 N–H and O–H groups in total. The summed E-state index contributed by atoms with van der Waals surface area (Å²) >= 11 is 8.01. The van der Waals surface area contributed by atoms with E-state index in [4.69, 9.17) is 0 Å². The second-order valence-corrected chi connectivity index (χ2v) is 7.17. The number of carbonyl (C=O) groups is 2. The van der Waals surface area contributed by atoms with Crippen molar-refractivity contribution in [3.8, 4) is 0 Å². The zero-order valence-corrected chi connectivity index (χ0v) is 15.0. The molecule has 5 heteroatoms. The van der Waals surface area contributed by atoms with E-state index >= 15 is 0 Å². The average Bonchev–Trinajstić information content (AvgIpc) is 2.48. The zero-order chi connectivity index (χ0) is 15.2. The van der Waals surface area contributed by atoms with E-state index in [1.54, 1.807) is 24.3 Å². The Bertz CT molecular complexity index is 579. The minimum Gasteiger partial charge on any atom is -0.293 e. The Morgan fingerprint density at radius 3 is 1.38 bits per heavy atom. The van der Waals surface area contributed by atoms with Crippen LogP contribution < -0.4 is 0 Å². The SMILES string of the molecule is O=C(CSCC(=O)c1ccc(Br)cc1)c1ccc(Br)cc1. The van der Waals surface area contributed by atoms with Gasteiger partial charge in [0.1, 0.15) is 0 Å². The van der Waals surface area contributed by atoms with E-state index in [0.29, 0.717) is 22.6 Å². The van der Waals surface area contributed by atoms with Crippen molar-refractivity contribution in [1.29, 1.82) is 0 Å². The first-order chi connectivity index (χ1) is 10.1. The monoisotopic (exact) mass is 426 g/mol. The summed E-state index contributed by atoms with van der Waals surface area (Å²) in [6, 6.07) is 14.5. The Labute approximate surface area is 144 Å². The van der Waals surface area contributed by atoms with Gasteiger partial charge < -0.3 is 0 Å². The largest absolute Gasteiger partial charge is 0.293 e. The van der Waals surface area contributed by atoms with Crippen LogP contribution >= 0.6 is 43.6 Å². The molecule has 0 aliphatic heterocycles. The van der Waals surface area contributed by atoms with E-state index in [9.17, 15) is 9.59 Å². The molecule has 108 valence electrons. The highest BCUT2D eigenvalue weighted by molar-refractivity contribution is 9.10. The summed E-state index contributed by atoms with van der Waals surface area (Å²) in [7, 11) is 0. The number of Topliss-reactive ketones (excluding diaryl/α,β-unsaturated/α-hetero) is 2. The number of benzene rings is 2. The molecule has 0 saturated carbocycles. The fraction of sp³-hybridized carbons (Fsp3) is 0.125. The second-order valence-electron chi connectivity index (χ2n) is 4.35. The molecule has 0 saturated heterocycles. The summed E-state index contributed by atoms with van der Waals surface area (Å²) in [4.78, 5) is 23.9. The molecule has 0 atom stereocenters. The highest BCUT2D eigenvalue weighted by Gasteiger charge is 2.09. The lowest BCUT2D eigenvalue weighted by Crippen LogP contribution is -2.07. The summed E-state index contributed by atoms with van der Waals surface area (Å²) in [5.41, 5.74) is 1.34. The molecule has 0 bridgehead atoms. The Kier molecular flexibility index (Phi) is 6.21. The first-order valence-electron chi connectivity index (χ1n) is 6.21. The molecule has 0 aromatic heterocycles. The van der Waals surface area contributed by atoms with Crippen LogP contribution in [0.5, 0.6) is 0 Å². The van der Waals surface area contributed by atoms with Gasteiger partial charge in [-0.1, -0.05) is 56.1 Å². The lowest BCUT2D eigenvalue weighted by Gasteiger charge is -2.02. The van der Waals surface area contributed by atoms with E-state index in [0.717, 1.165) is 8.95 Å². The first-order valence-corrected chi connectivity index (χ1v) is 8.95. The van der Waals surface area contributed by atoms with Crippen molar-refractivity contribution in [2.24, 2.45) is 0 Å². The maximum Gasteiger partial charge on any atom is 0.172 e. The Morgan fingerprint density at radius 2 is 1.05 bits per heavy atom. The van der Waals surface area contributed by atoms with E-state index in [-0.39, 0.29) is 11.6 Å². The fourth-order valence-electron chi connectivity index (χ4n) is 1.67. The lowest BCUT2D eigenvalue weighted by molar-refractivity contribution is 0.102. The van der Waals surface area contributed by atoms with Gasteiger partial charge in [-0.2, -0.15) is 0 Å². The minimum absolute atomic E-state index is 0.0381. The maximum absolute atomic E-state index is 12.0. The lowest BCUT2D eigenvalue weighted by atomic mass is 10.1. The van der Waals surface area contributed by atoms with Gasteiger partial charge >= 0.3 is 0 Å². The van der Waals surface area contributed by atoms with Crippen molar-refractivity contribution in [2.75, 3.05) is 11.5 Å². The van der Waals surface area contributed by atoms with Crippen LogP contribution in [0.15, 0.2) is 57.5 Å². The molecule has 0 fully saturated rings. The van der Waals surface area contributed by atoms with Crippen LogP contribution in [0, 0.1) is 0 Å². The van der Waals surface area contributed by atoms with E-state index in [1.807, 2.05) is 24.3 Å². The minimum atomic E-state index is 0.0381. The number of hydrogen-bond acceptors (Lipinski definition) is 3. The highest BCUT2D eigenvalue weighted by atomic mass is 79.9. The van der Waals surface area contributed by atoms with Crippen LogP contribution in [0.25, 0.3) is 0 Å². The molecule has 2 rings (SSSR count). The van der Waals surface area contributed by atoms with Crippen molar-refractivity contribution in [2.45, 2.75) is 0 Å². The molecule has 0 aliphatic rings. The molecule has 0 heterocycles. The van der Waals surface area contributed by atoms with Gasteiger partial charge in [0.25, 0.3) is 0 Å². The van der Waals surface area contributed by atoms with Crippen LogP contribution in [0.3, 0.4) is 0 Å². The summed E-state index contributed by atoms with van der Waals surface area (Å²) < 4.78 is 1.88. The molecule has 21 heavy (non-hydrogen) atoms. The van der Waals surface area contributed by atoms with Crippen LogP contribution in [0.1, 0.15) is 20.7 Å². The standard InChI is InChI=1S/C16H12Br2O2S/c17-13-5-1-11(2-6-13)15(19)9-21-10-16(20)12-3-7-14(18)8-4-12/h1-8H,9-10H2.